The van der Waals surface area contributed by atoms with Crippen molar-refractivity contribution in [3.8, 4) is 11.1 Å². The SMILES string of the molecule is CCOC(=O)C[n+]1ccc(-c2ccncc2)cc1.Cl.[Cl-]. The van der Waals surface area contributed by atoms with E-state index in [1.807, 2.05) is 36.7 Å². The second-order valence-corrected chi connectivity index (χ2v) is 3.80. The maximum absolute atomic E-state index is 11.3. The van der Waals surface area contributed by atoms with Gasteiger partial charge in [0.05, 0.1) is 6.61 Å². The van der Waals surface area contributed by atoms with E-state index in [-0.39, 0.29) is 37.3 Å². The third kappa shape index (κ3) is 5.15. The first-order valence-corrected chi connectivity index (χ1v) is 5.84. The Labute approximate surface area is 130 Å². The van der Waals surface area contributed by atoms with E-state index in [1.165, 1.54) is 0 Å². The molecule has 0 aromatic carbocycles. The molecular formula is C14H16Cl2N2O2. The van der Waals surface area contributed by atoms with E-state index < -0.39 is 0 Å². The van der Waals surface area contributed by atoms with E-state index in [9.17, 15) is 4.79 Å². The van der Waals surface area contributed by atoms with Crippen LogP contribution in [0.2, 0.25) is 0 Å². The number of hydrogen-bond donors (Lipinski definition) is 0. The summed E-state index contributed by atoms with van der Waals surface area (Å²) in [5.74, 6) is -0.223. The van der Waals surface area contributed by atoms with Crippen LogP contribution in [0.3, 0.4) is 0 Å². The monoisotopic (exact) mass is 314 g/mol. The molecule has 0 bridgehead atoms. The number of pyridine rings is 2. The number of carbonyl (C=O) groups is 1. The van der Waals surface area contributed by atoms with Gasteiger partial charge in [-0.2, -0.15) is 4.57 Å². The minimum absolute atomic E-state index is 0. The molecule has 6 heteroatoms. The molecule has 0 radical (unpaired) electrons. The predicted molar refractivity (Wildman–Crippen MR) is 73.7 cm³/mol. The lowest BCUT2D eigenvalue weighted by Crippen LogP contribution is -3.00. The molecule has 0 spiro atoms. The second kappa shape index (κ2) is 9.28. The molecule has 0 atom stereocenters. The van der Waals surface area contributed by atoms with E-state index in [4.69, 9.17) is 4.74 Å². The second-order valence-electron chi connectivity index (χ2n) is 3.80. The van der Waals surface area contributed by atoms with Crippen LogP contribution in [0.4, 0.5) is 0 Å². The summed E-state index contributed by atoms with van der Waals surface area (Å²) in [6.45, 7) is 2.45. The van der Waals surface area contributed by atoms with E-state index in [1.54, 1.807) is 23.9 Å². The Kier molecular flexibility index (Phi) is 8.52. The fourth-order valence-electron chi connectivity index (χ4n) is 1.66. The first-order valence-electron chi connectivity index (χ1n) is 5.84. The molecule has 0 aliphatic heterocycles. The summed E-state index contributed by atoms with van der Waals surface area (Å²) in [4.78, 5) is 15.3. The normalized spacial score (nSPS) is 9.05. The van der Waals surface area contributed by atoms with Crippen LogP contribution in [0.15, 0.2) is 49.1 Å². The minimum Gasteiger partial charge on any atom is -1.00 e. The maximum atomic E-state index is 11.3. The zero-order valence-electron chi connectivity index (χ0n) is 11.0. The topological polar surface area (TPSA) is 43.1 Å². The van der Waals surface area contributed by atoms with E-state index in [2.05, 4.69) is 4.98 Å². The van der Waals surface area contributed by atoms with Crippen LogP contribution in [0.25, 0.3) is 11.1 Å². The fraction of sp³-hybridized carbons (Fsp3) is 0.214. The summed E-state index contributed by atoms with van der Waals surface area (Å²) in [5.41, 5.74) is 2.20. The third-order valence-electron chi connectivity index (χ3n) is 2.52. The highest BCUT2D eigenvalue weighted by Gasteiger charge is 2.09. The number of carbonyl (C=O) groups excluding carboxylic acids is 1. The lowest BCUT2D eigenvalue weighted by atomic mass is 10.1. The van der Waals surface area contributed by atoms with E-state index in [0.717, 1.165) is 11.1 Å². The van der Waals surface area contributed by atoms with E-state index in [0.29, 0.717) is 6.61 Å². The van der Waals surface area contributed by atoms with Gasteiger partial charge in [0.1, 0.15) is 0 Å². The van der Waals surface area contributed by atoms with Gasteiger partial charge in [0, 0.05) is 24.5 Å². The van der Waals surface area contributed by atoms with Crippen LogP contribution >= 0.6 is 12.4 Å². The van der Waals surface area contributed by atoms with E-state index >= 15 is 0 Å². The van der Waals surface area contributed by atoms with Gasteiger partial charge < -0.3 is 17.1 Å². The van der Waals surface area contributed by atoms with Crippen LogP contribution < -0.4 is 17.0 Å². The molecule has 0 N–H and O–H groups in total. The van der Waals surface area contributed by atoms with Gasteiger partial charge in [-0.3, -0.25) is 4.98 Å². The zero-order valence-corrected chi connectivity index (χ0v) is 12.6. The Morgan fingerprint density at radius 2 is 1.70 bits per heavy atom. The van der Waals surface area contributed by atoms with Gasteiger partial charge >= 0.3 is 5.97 Å². The molecule has 2 heterocycles. The van der Waals surface area contributed by atoms with Gasteiger partial charge in [-0.15, -0.1) is 12.4 Å². The van der Waals surface area contributed by atoms with Crippen molar-refractivity contribution < 1.29 is 26.5 Å². The molecule has 0 saturated carbocycles. The van der Waals surface area contributed by atoms with Crippen LogP contribution in [0.1, 0.15) is 6.92 Å². The molecule has 4 nitrogen and oxygen atoms in total. The van der Waals surface area contributed by atoms with Gasteiger partial charge in [0.25, 0.3) is 0 Å². The number of hydrogen-bond acceptors (Lipinski definition) is 3. The van der Waals surface area contributed by atoms with Crippen molar-refractivity contribution in [2.75, 3.05) is 6.61 Å². The number of ether oxygens (including phenoxy) is 1. The third-order valence-corrected chi connectivity index (χ3v) is 2.52. The Balaban J connectivity index is 0.00000180. The molecule has 20 heavy (non-hydrogen) atoms. The zero-order chi connectivity index (χ0) is 12.8. The maximum Gasteiger partial charge on any atom is 0.372 e. The standard InChI is InChI=1S/C14H15N2O2.2ClH/c1-2-18-14(17)11-16-9-5-13(6-10-16)12-3-7-15-8-4-12;;/h3-10H,2,11H2,1H3;2*1H/q+1;;/p-1. The lowest BCUT2D eigenvalue weighted by Gasteiger charge is -2.01. The Morgan fingerprint density at radius 3 is 2.25 bits per heavy atom. The largest absolute Gasteiger partial charge is 1.00 e. The molecule has 0 fully saturated rings. The highest BCUT2D eigenvalue weighted by molar-refractivity contribution is 5.85. The first-order chi connectivity index (χ1) is 8.79. The molecule has 2 aromatic rings. The van der Waals surface area contributed by atoms with Crippen molar-refractivity contribution in [1.29, 1.82) is 0 Å². The molecule has 0 unspecified atom stereocenters. The van der Waals surface area contributed by atoms with Crippen molar-refractivity contribution in [2.45, 2.75) is 13.5 Å². The highest BCUT2D eigenvalue weighted by Crippen LogP contribution is 2.15. The van der Waals surface area contributed by atoms with Crippen molar-refractivity contribution >= 4 is 18.4 Å². The molecule has 0 amide bonds. The quantitative estimate of drug-likeness (QED) is 0.538. The Bertz CT molecular complexity index is 518. The van der Waals surface area contributed by atoms with Gasteiger partial charge in [-0.1, -0.05) is 0 Å². The van der Waals surface area contributed by atoms with Gasteiger partial charge in [-0.05, 0) is 30.2 Å². The molecule has 2 rings (SSSR count). The molecule has 0 saturated heterocycles. The van der Waals surface area contributed by atoms with Crippen LogP contribution in [0, 0.1) is 0 Å². The number of rotatable bonds is 4. The fourth-order valence-corrected chi connectivity index (χ4v) is 1.66. The summed E-state index contributed by atoms with van der Waals surface area (Å²) >= 11 is 0. The van der Waals surface area contributed by atoms with Crippen LogP contribution in [0.5, 0.6) is 0 Å². The molecular weight excluding hydrogens is 299 g/mol. The molecule has 108 valence electrons. The average Bonchev–Trinajstić information content (AvgIpc) is 2.41. The van der Waals surface area contributed by atoms with Crippen LogP contribution in [-0.2, 0) is 16.1 Å². The molecule has 2 aromatic heterocycles. The molecule has 0 aliphatic carbocycles. The predicted octanol–water partition coefficient (Wildman–Crippen LogP) is -0.975. The molecule has 0 aliphatic rings. The van der Waals surface area contributed by atoms with Gasteiger partial charge in [0.2, 0.25) is 6.54 Å². The number of nitrogens with zero attached hydrogens (tertiary/aromatic N) is 2. The first kappa shape index (κ1) is 18.4. The van der Waals surface area contributed by atoms with Crippen molar-refractivity contribution in [3.05, 3.63) is 49.1 Å². The summed E-state index contributed by atoms with van der Waals surface area (Å²) in [5, 5.41) is 0. The number of halogens is 2. The number of esters is 1. The smallest absolute Gasteiger partial charge is 0.372 e. The Hall–Kier alpha value is -1.65. The number of aromatic nitrogens is 2. The van der Waals surface area contributed by atoms with Crippen LogP contribution in [-0.4, -0.2) is 17.6 Å². The minimum atomic E-state index is -0.223. The van der Waals surface area contributed by atoms with Crippen molar-refractivity contribution in [1.82, 2.24) is 4.98 Å². The van der Waals surface area contributed by atoms with Crippen molar-refractivity contribution in [3.63, 3.8) is 0 Å². The van der Waals surface area contributed by atoms with Gasteiger partial charge in [0.15, 0.2) is 12.4 Å². The van der Waals surface area contributed by atoms with Crippen molar-refractivity contribution in [2.24, 2.45) is 0 Å². The summed E-state index contributed by atoms with van der Waals surface area (Å²) in [6, 6.07) is 7.83. The highest BCUT2D eigenvalue weighted by atomic mass is 35.5. The Morgan fingerprint density at radius 1 is 1.15 bits per heavy atom. The summed E-state index contributed by atoms with van der Waals surface area (Å²) in [7, 11) is 0. The van der Waals surface area contributed by atoms with Gasteiger partial charge in [-0.25, -0.2) is 4.79 Å². The summed E-state index contributed by atoms with van der Waals surface area (Å²) < 4.78 is 6.69. The summed E-state index contributed by atoms with van der Waals surface area (Å²) in [6.07, 6.45) is 7.25. The average molecular weight is 315 g/mol. The lowest BCUT2D eigenvalue weighted by molar-refractivity contribution is -0.685.